The first-order valence-corrected chi connectivity index (χ1v) is 5.00. The van der Waals surface area contributed by atoms with E-state index < -0.39 is 16.9 Å². The number of alkyl halides is 3. The van der Waals surface area contributed by atoms with Crippen LogP contribution < -0.4 is 0 Å². The molecule has 0 aliphatic rings. The topological polar surface area (TPSA) is 25.8 Å². The van der Waals surface area contributed by atoms with Crippen LogP contribution in [0.5, 0.6) is 0 Å². The van der Waals surface area contributed by atoms with Gasteiger partial charge in [0.15, 0.2) is 0 Å². The van der Waals surface area contributed by atoms with Crippen LogP contribution in [0.15, 0.2) is 36.7 Å². The average Bonchev–Trinajstić information content (AvgIpc) is 2.28. The molecule has 2 rings (SSSR count). The van der Waals surface area contributed by atoms with Gasteiger partial charge in [0.1, 0.15) is 5.15 Å². The second-order valence-electron chi connectivity index (χ2n) is 3.27. The number of hydrogen-bond donors (Lipinski definition) is 0. The molecule has 6 heteroatoms. The molecule has 0 saturated heterocycles. The van der Waals surface area contributed by atoms with Crippen LogP contribution in [-0.4, -0.2) is 9.97 Å². The molecular formula is C11H6ClF3N2. The Balaban J connectivity index is 2.45. The Labute approximate surface area is 100 Å². The van der Waals surface area contributed by atoms with Gasteiger partial charge in [-0.25, -0.2) is 4.98 Å². The van der Waals surface area contributed by atoms with E-state index >= 15 is 0 Å². The van der Waals surface area contributed by atoms with Crippen molar-refractivity contribution in [2.45, 2.75) is 6.18 Å². The van der Waals surface area contributed by atoms with E-state index in [1.807, 2.05) is 0 Å². The van der Waals surface area contributed by atoms with Crippen LogP contribution in [0, 0.1) is 0 Å². The van der Waals surface area contributed by atoms with Crippen molar-refractivity contribution in [2.75, 3.05) is 0 Å². The third-order valence-electron chi connectivity index (χ3n) is 2.13. The van der Waals surface area contributed by atoms with E-state index in [9.17, 15) is 13.2 Å². The van der Waals surface area contributed by atoms with Crippen LogP contribution in [0.4, 0.5) is 13.2 Å². The Bertz CT molecular complexity index is 526. The monoisotopic (exact) mass is 258 g/mol. The quantitative estimate of drug-likeness (QED) is 0.727. The lowest BCUT2D eigenvalue weighted by molar-refractivity contribution is -0.137. The van der Waals surface area contributed by atoms with Gasteiger partial charge in [-0.2, -0.15) is 13.2 Å². The highest BCUT2D eigenvalue weighted by molar-refractivity contribution is 6.30. The maximum Gasteiger partial charge on any atom is 0.419 e. The van der Waals surface area contributed by atoms with E-state index in [4.69, 9.17) is 11.6 Å². The lowest BCUT2D eigenvalue weighted by Crippen LogP contribution is -2.07. The molecule has 0 aliphatic carbocycles. The lowest BCUT2D eigenvalue weighted by atomic mass is 10.1. The molecule has 0 aromatic carbocycles. The molecule has 0 saturated carbocycles. The first kappa shape index (κ1) is 11.9. The van der Waals surface area contributed by atoms with Gasteiger partial charge in [-0.1, -0.05) is 11.6 Å². The third kappa shape index (κ3) is 2.55. The fraction of sp³-hybridized carbons (Fsp3) is 0.0909. The van der Waals surface area contributed by atoms with E-state index in [0.29, 0.717) is 11.3 Å². The van der Waals surface area contributed by atoms with Crippen molar-refractivity contribution in [1.29, 1.82) is 0 Å². The minimum absolute atomic E-state index is 0.380. The predicted octanol–water partition coefficient (Wildman–Crippen LogP) is 3.82. The Morgan fingerprint density at radius 1 is 1.00 bits per heavy atom. The molecule has 2 nitrogen and oxygen atoms in total. The van der Waals surface area contributed by atoms with Gasteiger partial charge in [0.05, 0.1) is 11.3 Å². The van der Waals surface area contributed by atoms with Crippen LogP contribution in [0.2, 0.25) is 5.15 Å². The van der Waals surface area contributed by atoms with Crippen molar-refractivity contribution >= 4 is 11.6 Å². The van der Waals surface area contributed by atoms with Crippen LogP contribution in [0.3, 0.4) is 0 Å². The van der Waals surface area contributed by atoms with E-state index in [1.165, 1.54) is 18.5 Å². The highest BCUT2D eigenvalue weighted by Gasteiger charge is 2.33. The third-order valence-corrected chi connectivity index (χ3v) is 2.42. The maximum absolute atomic E-state index is 12.4. The second-order valence-corrected chi connectivity index (χ2v) is 3.63. The molecule has 0 radical (unpaired) electrons. The van der Waals surface area contributed by atoms with Gasteiger partial charge in [0, 0.05) is 18.0 Å². The molecule has 0 amide bonds. The van der Waals surface area contributed by atoms with Gasteiger partial charge in [-0.3, -0.25) is 4.98 Å². The standard InChI is InChI=1S/C11H6ClF3N2/c12-10-8(11(13,14)15)1-2-9(17-10)7-3-5-16-6-4-7/h1-6H. The second kappa shape index (κ2) is 4.33. The summed E-state index contributed by atoms with van der Waals surface area (Å²) in [6.45, 7) is 0. The van der Waals surface area contributed by atoms with Crippen LogP contribution in [0.1, 0.15) is 5.56 Å². The highest BCUT2D eigenvalue weighted by Crippen LogP contribution is 2.34. The van der Waals surface area contributed by atoms with E-state index in [2.05, 4.69) is 9.97 Å². The first-order chi connectivity index (χ1) is 7.98. The molecule has 0 N–H and O–H groups in total. The molecule has 0 aliphatic heterocycles. The number of nitrogens with zero attached hydrogens (tertiary/aromatic N) is 2. The summed E-state index contributed by atoms with van der Waals surface area (Å²) in [6, 6.07) is 5.49. The lowest BCUT2D eigenvalue weighted by Gasteiger charge is -2.09. The zero-order chi connectivity index (χ0) is 12.5. The van der Waals surface area contributed by atoms with Gasteiger partial charge in [-0.05, 0) is 24.3 Å². The first-order valence-electron chi connectivity index (χ1n) is 4.62. The van der Waals surface area contributed by atoms with Gasteiger partial charge in [-0.15, -0.1) is 0 Å². The molecule has 0 unspecified atom stereocenters. The fourth-order valence-corrected chi connectivity index (χ4v) is 1.59. The average molecular weight is 259 g/mol. The number of aromatic nitrogens is 2. The number of pyridine rings is 2. The predicted molar refractivity (Wildman–Crippen MR) is 57.5 cm³/mol. The molecule has 0 bridgehead atoms. The molecule has 2 aromatic rings. The maximum atomic E-state index is 12.4. The minimum atomic E-state index is -4.49. The summed E-state index contributed by atoms with van der Waals surface area (Å²) in [5, 5.41) is -0.549. The zero-order valence-electron chi connectivity index (χ0n) is 8.37. The molecule has 88 valence electrons. The largest absolute Gasteiger partial charge is 0.419 e. The van der Waals surface area contributed by atoms with Crippen molar-refractivity contribution < 1.29 is 13.2 Å². The normalized spacial score (nSPS) is 11.5. The van der Waals surface area contributed by atoms with Crippen LogP contribution >= 0.6 is 11.6 Å². The smallest absolute Gasteiger partial charge is 0.265 e. The summed E-state index contributed by atoms with van der Waals surface area (Å²) < 4.78 is 37.3. The van der Waals surface area contributed by atoms with Gasteiger partial charge in [0.25, 0.3) is 0 Å². The number of hydrogen-bond acceptors (Lipinski definition) is 2. The Kier molecular flexibility index (Phi) is 3.02. The summed E-state index contributed by atoms with van der Waals surface area (Å²) in [4.78, 5) is 7.54. The molecule has 17 heavy (non-hydrogen) atoms. The SMILES string of the molecule is FC(F)(F)c1ccc(-c2ccncc2)nc1Cl. The highest BCUT2D eigenvalue weighted by atomic mass is 35.5. The van der Waals surface area contributed by atoms with Crippen molar-refractivity contribution in [2.24, 2.45) is 0 Å². The van der Waals surface area contributed by atoms with Gasteiger partial charge in [0.2, 0.25) is 0 Å². The van der Waals surface area contributed by atoms with Crippen LogP contribution in [0.25, 0.3) is 11.3 Å². The molecule has 2 aromatic heterocycles. The summed E-state index contributed by atoms with van der Waals surface area (Å²) in [6.07, 6.45) is -1.42. The van der Waals surface area contributed by atoms with Gasteiger partial charge < -0.3 is 0 Å². The summed E-state index contributed by atoms with van der Waals surface area (Å²) in [5.41, 5.74) is 0.109. The number of halogens is 4. The van der Waals surface area contributed by atoms with E-state index in [1.54, 1.807) is 12.1 Å². The zero-order valence-corrected chi connectivity index (χ0v) is 9.13. The van der Waals surface area contributed by atoms with E-state index in [0.717, 1.165) is 6.07 Å². The minimum Gasteiger partial charge on any atom is -0.265 e. The molecule has 2 heterocycles. The molecular weight excluding hydrogens is 253 g/mol. The van der Waals surface area contributed by atoms with E-state index in [-0.39, 0.29) is 0 Å². The Morgan fingerprint density at radius 2 is 1.65 bits per heavy atom. The molecule has 0 spiro atoms. The number of rotatable bonds is 1. The Morgan fingerprint density at radius 3 is 2.18 bits per heavy atom. The van der Waals surface area contributed by atoms with Crippen molar-refractivity contribution in [3.05, 3.63) is 47.4 Å². The summed E-state index contributed by atoms with van der Waals surface area (Å²) in [5.74, 6) is 0. The fourth-order valence-electron chi connectivity index (χ4n) is 1.33. The Hall–Kier alpha value is -1.62. The summed E-state index contributed by atoms with van der Waals surface area (Å²) >= 11 is 5.52. The van der Waals surface area contributed by atoms with Gasteiger partial charge >= 0.3 is 6.18 Å². The summed E-state index contributed by atoms with van der Waals surface area (Å²) in [7, 11) is 0. The molecule has 0 atom stereocenters. The van der Waals surface area contributed by atoms with Crippen molar-refractivity contribution in [1.82, 2.24) is 9.97 Å². The molecule has 0 fully saturated rings. The van der Waals surface area contributed by atoms with Crippen LogP contribution in [-0.2, 0) is 6.18 Å². The van der Waals surface area contributed by atoms with Crippen molar-refractivity contribution in [3.63, 3.8) is 0 Å². The van der Waals surface area contributed by atoms with Crippen molar-refractivity contribution in [3.8, 4) is 11.3 Å².